The van der Waals surface area contributed by atoms with Crippen LogP contribution in [0.4, 0.5) is 4.70 Å². The number of halogens is 1. The van der Waals surface area contributed by atoms with E-state index >= 15 is 0 Å². The lowest BCUT2D eigenvalue weighted by atomic mass is 9.99. The predicted octanol–water partition coefficient (Wildman–Crippen LogP) is 4.36. The number of rotatable bonds is 8. The van der Waals surface area contributed by atoms with E-state index in [1.165, 1.54) is 33.5 Å². The molecule has 3 heterocycles. The molecule has 16 nitrogen and oxygen atoms in total. The Morgan fingerprint density at radius 1 is 0.694 bits per heavy atom. The number of carbonyl (C=O) groups is 3. The van der Waals surface area contributed by atoms with Crippen LogP contribution in [0, 0.1) is 11.8 Å². The van der Waals surface area contributed by atoms with Gasteiger partial charge in [0.15, 0.2) is 25.2 Å². The van der Waals surface area contributed by atoms with Crippen LogP contribution in [0.15, 0.2) is 60.7 Å². The number of aliphatic hydroxyl groups excluding tert-OH is 3. The first-order valence-electron chi connectivity index (χ1n) is 20.0. The Morgan fingerprint density at radius 3 is 1.69 bits per heavy atom. The average Bonchev–Trinajstić information content (AvgIpc) is 3.56. The van der Waals surface area contributed by atoms with E-state index in [0.717, 1.165) is 0 Å². The molecule has 0 bridgehead atoms. The molecule has 3 aliphatic rings. The van der Waals surface area contributed by atoms with Crippen molar-refractivity contribution in [3.8, 4) is 23.0 Å². The number of ether oxygens (including phenoxy) is 8. The average molecular weight is 873 g/mol. The van der Waals surface area contributed by atoms with Gasteiger partial charge in [0.05, 0.1) is 37.6 Å². The molecule has 0 spiro atoms. The second-order valence-electron chi connectivity index (χ2n) is 15.2. The van der Waals surface area contributed by atoms with Crippen LogP contribution in [0.1, 0.15) is 72.4 Å². The van der Waals surface area contributed by atoms with Gasteiger partial charge in [0.1, 0.15) is 41.3 Å². The lowest BCUT2D eigenvalue weighted by Gasteiger charge is -2.21. The van der Waals surface area contributed by atoms with Crippen LogP contribution in [0.25, 0.3) is 12.2 Å². The highest BCUT2D eigenvalue weighted by atomic mass is 19.0. The van der Waals surface area contributed by atoms with Gasteiger partial charge >= 0.3 is 0 Å². The smallest absolute Gasteiger partial charge is 0.255 e. The summed E-state index contributed by atoms with van der Waals surface area (Å²) in [5, 5.41) is 36.0. The third-order valence-electron chi connectivity index (χ3n) is 9.75. The van der Waals surface area contributed by atoms with Gasteiger partial charge in [-0.3, -0.25) is 19.1 Å². The van der Waals surface area contributed by atoms with E-state index < -0.39 is 36.3 Å². The van der Waals surface area contributed by atoms with Gasteiger partial charge in [0.25, 0.3) is 11.8 Å². The van der Waals surface area contributed by atoms with E-state index in [1.54, 1.807) is 75.6 Å². The third kappa shape index (κ3) is 14.5. The zero-order valence-electron chi connectivity index (χ0n) is 36.5. The van der Waals surface area contributed by atoms with Crippen molar-refractivity contribution in [3.63, 3.8) is 0 Å². The van der Waals surface area contributed by atoms with Crippen LogP contribution < -0.4 is 29.6 Å². The number of aliphatic hydroxyl groups is 3. The number of ketones is 1. The van der Waals surface area contributed by atoms with Gasteiger partial charge in [-0.1, -0.05) is 56.4 Å². The SMILES string of the molecule is COCOc1cc(OC)cc2c1C(=O)NC[C@H](C)/C=C\C(=O)C1OC(C)(C)O[C@H]1C/C=C/2.COCOc1cc(OC)cc2c1C(=O)NC[C@H](C)/C=C\C(O)C(O)[C@@H](O)C/C=C/2.F. The summed E-state index contributed by atoms with van der Waals surface area (Å²) < 4.78 is 43.8. The van der Waals surface area contributed by atoms with Gasteiger partial charge in [-0.2, -0.15) is 0 Å². The minimum Gasteiger partial charge on any atom is -0.497 e. The molecule has 2 aromatic rings. The van der Waals surface area contributed by atoms with Gasteiger partial charge in [-0.25, -0.2) is 0 Å². The number of amides is 2. The third-order valence-corrected chi connectivity index (χ3v) is 9.75. The zero-order chi connectivity index (χ0) is 44.7. The van der Waals surface area contributed by atoms with Crippen molar-refractivity contribution in [2.75, 3.05) is 55.1 Å². The number of benzene rings is 2. The van der Waals surface area contributed by atoms with Crippen molar-refractivity contribution >= 4 is 29.7 Å². The standard InChI is InChI=1S/C24H31NO7.C21H29NO7.FH/c1-15-9-10-18(26)22-19(31-24(2,3)32-22)8-6-7-16-11-17(29-5)12-20(30-14-28-4)21(16)23(27)25-13-15;1-13-7-8-17(24)20(25)16(23)6-4-5-14-9-15(28-3)10-18(29-12-27-2)19(14)21(26)22-11-13;/h6-7,9-12,15,19,22H,8,13-14H2,1-5H3,(H,25,27);4-5,7-10,13,16-17,20,23-25H,6,11-12H2,1-3H3,(H,22,26);1H/b7-6+,10-9-;5-4+,8-7-;/t15-,19+,22?;13-,16+,17?,20?;/m11./s1. The summed E-state index contributed by atoms with van der Waals surface area (Å²) in [7, 11) is 6.04. The molecule has 1 fully saturated rings. The molecule has 3 unspecified atom stereocenters. The summed E-state index contributed by atoms with van der Waals surface area (Å²) in [6.07, 6.45) is 8.98. The van der Waals surface area contributed by atoms with Crippen molar-refractivity contribution in [1.29, 1.82) is 0 Å². The van der Waals surface area contributed by atoms with Crippen LogP contribution in [-0.2, 0) is 23.7 Å². The van der Waals surface area contributed by atoms with Crippen LogP contribution in [-0.4, -0.2) is 124 Å². The van der Waals surface area contributed by atoms with Gasteiger partial charge in [-0.05, 0) is 67.9 Å². The first-order chi connectivity index (χ1) is 29.1. The Kier molecular flexibility index (Phi) is 20.2. The molecule has 0 aliphatic carbocycles. The van der Waals surface area contributed by atoms with Crippen molar-refractivity contribution in [3.05, 3.63) is 83.0 Å². The number of hydrogen-bond acceptors (Lipinski definition) is 14. The first kappa shape index (κ1) is 51.2. The molecule has 2 aromatic carbocycles. The van der Waals surface area contributed by atoms with Gasteiger partial charge in [-0.15, -0.1) is 0 Å². The van der Waals surface area contributed by atoms with Crippen molar-refractivity contribution in [2.24, 2.45) is 11.8 Å². The molecular formula is C45H61FN2O14. The molecule has 5 N–H and O–H groups in total. The molecule has 62 heavy (non-hydrogen) atoms. The molecule has 0 radical (unpaired) electrons. The first-order valence-corrected chi connectivity index (χ1v) is 20.0. The van der Waals surface area contributed by atoms with E-state index in [4.69, 9.17) is 37.9 Å². The maximum absolute atomic E-state index is 13.1. The summed E-state index contributed by atoms with van der Waals surface area (Å²) in [5.41, 5.74) is 1.83. The highest BCUT2D eigenvalue weighted by Crippen LogP contribution is 2.34. The quantitative estimate of drug-likeness (QED) is 0.185. The van der Waals surface area contributed by atoms with Crippen LogP contribution >= 0.6 is 0 Å². The molecule has 2 amide bonds. The van der Waals surface area contributed by atoms with Gasteiger partial charge in [0.2, 0.25) is 0 Å². The second-order valence-corrected chi connectivity index (χ2v) is 15.2. The molecule has 3 aliphatic heterocycles. The molecule has 5 rings (SSSR count). The Balaban J connectivity index is 0.000000327. The van der Waals surface area contributed by atoms with Crippen LogP contribution in [0.5, 0.6) is 23.0 Å². The maximum Gasteiger partial charge on any atom is 0.255 e. The predicted molar refractivity (Wildman–Crippen MR) is 229 cm³/mol. The molecule has 17 heteroatoms. The molecular weight excluding hydrogens is 811 g/mol. The fraction of sp³-hybridized carbons (Fsp3) is 0.489. The number of nitrogens with one attached hydrogen (secondary N) is 2. The van der Waals surface area contributed by atoms with Crippen LogP contribution in [0.2, 0.25) is 0 Å². The number of methoxy groups -OCH3 is 4. The van der Waals surface area contributed by atoms with E-state index in [9.17, 15) is 29.7 Å². The molecule has 0 aromatic heterocycles. The molecule has 1 saturated heterocycles. The summed E-state index contributed by atoms with van der Waals surface area (Å²) in [6.45, 7) is 7.95. The van der Waals surface area contributed by atoms with E-state index in [-0.39, 0.29) is 54.1 Å². The van der Waals surface area contributed by atoms with Gasteiger partial charge < -0.3 is 63.8 Å². The molecule has 0 saturated carbocycles. The normalized spacial score (nSPS) is 27.2. The summed E-state index contributed by atoms with van der Waals surface area (Å²) >= 11 is 0. The summed E-state index contributed by atoms with van der Waals surface area (Å²) in [5.74, 6) is -0.129. The minimum atomic E-state index is -1.33. The Hall–Kier alpha value is -5.14. The minimum absolute atomic E-state index is 0. The number of carbonyl (C=O) groups excluding carboxylic acids is 3. The lowest BCUT2D eigenvalue weighted by molar-refractivity contribution is -0.152. The number of hydrogen-bond donors (Lipinski definition) is 5. The van der Waals surface area contributed by atoms with E-state index in [0.29, 0.717) is 64.8 Å². The van der Waals surface area contributed by atoms with Gasteiger partial charge in [0, 0.05) is 39.4 Å². The largest absolute Gasteiger partial charge is 0.497 e. The summed E-state index contributed by atoms with van der Waals surface area (Å²) in [6, 6.07) is 6.70. The summed E-state index contributed by atoms with van der Waals surface area (Å²) in [4.78, 5) is 38.8. The van der Waals surface area contributed by atoms with Crippen LogP contribution in [0.3, 0.4) is 0 Å². The van der Waals surface area contributed by atoms with Crippen molar-refractivity contribution in [1.82, 2.24) is 10.6 Å². The second kappa shape index (κ2) is 24.5. The zero-order valence-corrected chi connectivity index (χ0v) is 36.5. The van der Waals surface area contributed by atoms with E-state index in [1.807, 2.05) is 19.9 Å². The van der Waals surface area contributed by atoms with Crippen molar-refractivity contribution in [2.45, 2.75) is 76.8 Å². The number of fused-ring (bicyclic) bond motifs is 3. The fourth-order valence-corrected chi connectivity index (χ4v) is 6.55. The highest BCUT2D eigenvalue weighted by molar-refractivity contribution is 6.01. The Morgan fingerprint density at radius 2 is 1.19 bits per heavy atom. The fourth-order valence-electron chi connectivity index (χ4n) is 6.55. The Bertz CT molecular complexity index is 1930. The molecule has 7 atom stereocenters. The molecule has 342 valence electrons. The van der Waals surface area contributed by atoms with E-state index in [2.05, 4.69) is 10.6 Å². The van der Waals surface area contributed by atoms with Crippen molar-refractivity contribution < 1.29 is 72.3 Å². The Labute approximate surface area is 361 Å². The highest BCUT2D eigenvalue weighted by Gasteiger charge is 2.43. The maximum atomic E-state index is 13.1. The topological polar surface area (TPSA) is 210 Å². The monoisotopic (exact) mass is 872 g/mol. The lowest BCUT2D eigenvalue weighted by Crippen LogP contribution is -2.36.